The maximum atomic E-state index is 4.69. The van der Waals surface area contributed by atoms with Gasteiger partial charge in [-0.3, -0.25) is 4.40 Å². The molecule has 1 aliphatic rings. The van der Waals surface area contributed by atoms with Gasteiger partial charge in [0, 0.05) is 25.0 Å². The number of anilines is 1. The van der Waals surface area contributed by atoms with Gasteiger partial charge in [0.05, 0.1) is 11.4 Å². The lowest BCUT2D eigenvalue weighted by Crippen LogP contribution is -2.17. The largest absolute Gasteiger partial charge is 0.372 e. The summed E-state index contributed by atoms with van der Waals surface area (Å²) in [6, 6.07) is 14.3. The molecule has 5 heteroatoms. The highest BCUT2D eigenvalue weighted by Crippen LogP contribution is 2.30. The molecule has 25 heavy (non-hydrogen) atoms. The molecule has 0 saturated carbocycles. The molecule has 4 rings (SSSR count). The zero-order valence-electron chi connectivity index (χ0n) is 14.8. The van der Waals surface area contributed by atoms with Crippen LogP contribution in [0.15, 0.2) is 58.9 Å². The second-order valence-corrected chi connectivity index (χ2v) is 6.81. The predicted molar refractivity (Wildman–Crippen MR) is 101 cm³/mol. The van der Waals surface area contributed by atoms with E-state index < -0.39 is 0 Å². The smallest absolute Gasteiger partial charge is 0.183 e. The van der Waals surface area contributed by atoms with Crippen molar-refractivity contribution in [3.05, 3.63) is 54.4 Å². The maximum Gasteiger partial charge on any atom is 0.183 e. The third-order valence-electron chi connectivity index (χ3n) is 4.66. The Morgan fingerprint density at radius 1 is 0.960 bits per heavy atom. The molecule has 3 heterocycles. The van der Waals surface area contributed by atoms with Crippen LogP contribution in [0.3, 0.4) is 0 Å². The number of imidazole rings is 1. The van der Waals surface area contributed by atoms with Crippen LogP contribution >= 0.6 is 0 Å². The van der Waals surface area contributed by atoms with Crippen LogP contribution in [-0.2, 0) is 0 Å². The number of nitrogens with zero attached hydrogens (tertiary/aromatic N) is 5. The summed E-state index contributed by atoms with van der Waals surface area (Å²) in [5.74, 6) is 1.11. The number of azo groups is 1. The second kappa shape index (κ2) is 6.67. The lowest BCUT2D eigenvalue weighted by atomic mass is 10.1. The molecule has 1 fully saturated rings. The molecule has 128 valence electrons. The van der Waals surface area contributed by atoms with Crippen LogP contribution in [0.2, 0.25) is 0 Å². The highest BCUT2D eigenvalue weighted by Gasteiger charge is 2.15. The van der Waals surface area contributed by atoms with Crippen LogP contribution in [-0.4, -0.2) is 22.5 Å². The van der Waals surface area contributed by atoms with Gasteiger partial charge in [-0.2, -0.15) is 0 Å². The highest BCUT2D eigenvalue weighted by molar-refractivity contribution is 5.55. The van der Waals surface area contributed by atoms with Crippen molar-refractivity contribution >= 4 is 22.8 Å². The number of benzene rings is 1. The minimum atomic E-state index is 0.298. The number of hydrogen-bond donors (Lipinski definition) is 0. The molecule has 5 nitrogen and oxygen atoms in total. The Balaban J connectivity index is 1.63. The summed E-state index contributed by atoms with van der Waals surface area (Å²) in [6.45, 7) is 6.57. The van der Waals surface area contributed by atoms with Gasteiger partial charge in [-0.1, -0.05) is 19.9 Å². The molecule has 1 aliphatic heterocycles. The van der Waals surface area contributed by atoms with Crippen molar-refractivity contribution in [1.82, 2.24) is 9.38 Å². The molecule has 2 aromatic heterocycles. The summed E-state index contributed by atoms with van der Waals surface area (Å²) in [4.78, 5) is 7.11. The molecule has 0 atom stereocenters. The predicted octanol–water partition coefficient (Wildman–Crippen LogP) is 5.47. The number of aromatic nitrogens is 2. The summed E-state index contributed by atoms with van der Waals surface area (Å²) < 4.78 is 2.00. The first-order valence-corrected chi connectivity index (χ1v) is 8.96. The van der Waals surface area contributed by atoms with E-state index in [9.17, 15) is 0 Å². The van der Waals surface area contributed by atoms with Crippen LogP contribution in [0.4, 0.5) is 17.2 Å². The maximum absolute atomic E-state index is 4.69. The molecule has 1 aromatic carbocycles. The van der Waals surface area contributed by atoms with Gasteiger partial charge >= 0.3 is 0 Å². The first-order chi connectivity index (χ1) is 12.2. The van der Waals surface area contributed by atoms with Gasteiger partial charge < -0.3 is 4.90 Å². The van der Waals surface area contributed by atoms with E-state index in [1.54, 1.807) is 0 Å². The molecule has 0 amide bonds. The van der Waals surface area contributed by atoms with E-state index >= 15 is 0 Å². The average molecular weight is 333 g/mol. The van der Waals surface area contributed by atoms with E-state index in [1.165, 1.54) is 18.5 Å². The molecule has 0 bridgehead atoms. The van der Waals surface area contributed by atoms with Gasteiger partial charge in [-0.25, -0.2) is 4.98 Å². The normalized spacial score (nSPS) is 15.1. The lowest BCUT2D eigenvalue weighted by Gasteiger charge is -2.17. The van der Waals surface area contributed by atoms with E-state index in [0.717, 1.165) is 35.9 Å². The molecule has 0 aliphatic carbocycles. The Hall–Kier alpha value is -2.69. The molecular formula is C20H23N5. The molecule has 3 aromatic rings. The minimum Gasteiger partial charge on any atom is -0.372 e. The number of pyridine rings is 1. The van der Waals surface area contributed by atoms with Crippen molar-refractivity contribution < 1.29 is 0 Å². The van der Waals surface area contributed by atoms with Gasteiger partial charge in [0.1, 0.15) is 5.65 Å². The van der Waals surface area contributed by atoms with E-state index in [1.807, 2.05) is 40.9 Å². The fourth-order valence-corrected chi connectivity index (χ4v) is 3.30. The first kappa shape index (κ1) is 15.8. The number of hydrogen-bond acceptors (Lipinski definition) is 4. The zero-order chi connectivity index (χ0) is 17.2. The highest BCUT2D eigenvalue weighted by atomic mass is 15.2. The standard InChI is InChI=1S/C20H23N5/c1-15(2)19-20(25-14-4-3-7-18(25)21-19)23-22-16-8-10-17(11-9-16)24-12-5-6-13-24/h3-4,7-11,14-15H,5-6,12-13H2,1-2H3. The number of rotatable bonds is 4. The zero-order valence-corrected chi connectivity index (χ0v) is 14.8. The quantitative estimate of drug-likeness (QED) is 0.594. The minimum absolute atomic E-state index is 0.298. The van der Waals surface area contributed by atoms with E-state index in [4.69, 9.17) is 4.98 Å². The Labute approximate surface area is 148 Å². The van der Waals surface area contributed by atoms with Crippen LogP contribution in [0.25, 0.3) is 5.65 Å². The molecule has 0 N–H and O–H groups in total. The van der Waals surface area contributed by atoms with E-state index in [2.05, 4.69) is 41.1 Å². The Bertz CT molecular complexity index is 886. The molecule has 1 saturated heterocycles. The van der Waals surface area contributed by atoms with Gasteiger partial charge in [0.25, 0.3) is 0 Å². The third-order valence-corrected chi connectivity index (χ3v) is 4.66. The molecular weight excluding hydrogens is 310 g/mol. The van der Waals surface area contributed by atoms with Crippen molar-refractivity contribution in [2.45, 2.75) is 32.6 Å². The average Bonchev–Trinajstić information content (AvgIpc) is 3.28. The summed E-state index contributed by atoms with van der Waals surface area (Å²) >= 11 is 0. The van der Waals surface area contributed by atoms with Gasteiger partial charge in [-0.15, -0.1) is 10.2 Å². The van der Waals surface area contributed by atoms with Crippen LogP contribution in [0.5, 0.6) is 0 Å². The number of fused-ring (bicyclic) bond motifs is 1. The van der Waals surface area contributed by atoms with Crippen LogP contribution < -0.4 is 4.90 Å². The molecule has 0 radical (unpaired) electrons. The summed E-state index contributed by atoms with van der Waals surface area (Å²) in [5.41, 5.74) is 4.02. The summed E-state index contributed by atoms with van der Waals surface area (Å²) in [7, 11) is 0. The van der Waals surface area contributed by atoms with Crippen molar-refractivity contribution in [3.63, 3.8) is 0 Å². The monoisotopic (exact) mass is 333 g/mol. The molecule has 0 unspecified atom stereocenters. The third kappa shape index (κ3) is 3.14. The van der Waals surface area contributed by atoms with Gasteiger partial charge in [0.15, 0.2) is 5.82 Å². The van der Waals surface area contributed by atoms with Crippen molar-refractivity contribution in [3.8, 4) is 0 Å². The topological polar surface area (TPSA) is 45.3 Å². The Kier molecular flexibility index (Phi) is 4.22. The first-order valence-electron chi connectivity index (χ1n) is 8.96. The second-order valence-electron chi connectivity index (χ2n) is 6.81. The lowest BCUT2D eigenvalue weighted by molar-refractivity contribution is 0.831. The van der Waals surface area contributed by atoms with Crippen molar-refractivity contribution in [1.29, 1.82) is 0 Å². The van der Waals surface area contributed by atoms with Crippen LogP contribution in [0, 0.1) is 0 Å². The summed E-state index contributed by atoms with van der Waals surface area (Å²) in [5, 5.41) is 8.98. The Morgan fingerprint density at radius 3 is 2.44 bits per heavy atom. The van der Waals surface area contributed by atoms with Crippen molar-refractivity contribution in [2.75, 3.05) is 18.0 Å². The fourth-order valence-electron chi connectivity index (χ4n) is 3.30. The van der Waals surface area contributed by atoms with Gasteiger partial charge in [-0.05, 0) is 55.2 Å². The summed E-state index contributed by atoms with van der Waals surface area (Å²) in [6.07, 6.45) is 4.56. The molecule has 0 spiro atoms. The van der Waals surface area contributed by atoms with E-state index in [-0.39, 0.29) is 0 Å². The van der Waals surface area contributed by atoms with Crippen LogP contribution in [0.1, 0.15) is 38.3 Å². The fraction of sp³-hybridized carbons (Fsp3) is 0.350. The Morgan fingerprint density at radius 2 is 1.72 bits per heavy atom. The van der Waals surface area contributed by atoms with E-state index in [0.29, 0.717) is 5.92 Å². The SMILES string of the molecule is CC(C)c1nc2ccccn2c1N=Nc1ccc(N2CCCC2)cc1. The van der Waals surface area contributed by atoms with Crippen molar-refractivity contribution in [2.24, 2.45) is 10.2 Å². The van der Waals surface area contributed by atoms with Gasteiger partial charge in [0.2, 0.25) is 0 Å².